The summed E-state index contributed by atoms with van der Waals surface area (Å²) < 4.78 is 14.4. The quantitative estimate of drug-likeness (QED) is 0.477. The van der Waals surface area contributed by atoms with E-state index in [9.17, 15) is 14.0 Å². The van der Waals surface area contributed by atoms with E-state index in [1.165, 1.54) is 22.9 Å². The number of nitrogens with one attached hydrogen (secondary N) is 3. The average Bonchev–Trinajstić information content (AvgIpc) is 3.35. The summed E-state index contributed by atoms with van der Waals surface area (Å²) in [4.78, 5) is 27.4. The second kappa shape index (κ2) is 7.36. The van der Waals surface area contributed by atoms with Crippen molar-refractivity contribution in [2.45, 2.75) is 6.42 Å². The molecule has 0 unspecified atom stereocenters. The van der Waals surface area contributed by atoms with E-state index in [1.54, 1.807) is 24.5 Å². The summed E-state index contributed by atoms with van der Waals surface area (Å²) in [5, 5.41) is 5.09. The molecular formula is C20H16FN5O2. The van der Waals surface area contributed by atoms with Crippen LogP contribution in [0.3, 0.4) is 0 Å². The fraction of sp³-hybridized carbons (Fsp3) is 0.0500. The molecule has 3 N–H and O–H groups in total. The van der Waals surface area contributed by atoms with Crippen molar-refractivity contribution in [2.24, 2.45) is 0 Å². The summed E-state index contributed by atoms with van der Waals surface area (Å²) in [6, 6.07) is 14.9. The molecule has 0 saturated carbocycles. The van der Waals surface area contributed by atoms with Gasteiger partial charge in [-0.15, -0.1) is 0 Å². The molecule has 0 fully saturated rings. The van der Waals surface area contributed by atoms with Crippen molar-refractivity contribution < 1.29 is 14.0 Å². The molecule has 2 aromatic carbocycles. The first-order chi connectivity index (χ1) is 13.6. The van der Waals surface area contributed by atoms with Crippen molar-refractivity contribution in [1.82, 2.24) is 25.6 Å². The van der Waals surface area contributed by atoms with Gasteiger partial charge in [-0.3, -0.25) is 20.4 Å². The van der Waals surface area contributed by atoms with Crippen LogP contribution in [0, 0.1) is 5.82 Å². The van der Waals surface area contributed by atoms with Gasteiger partial charge in [-0.05, 0) is 42.0 Å². The highest BCUT2D eigenvalue weighted by Crippen LogP contribution is 2.17. The lowest BCUT2D eigenvalue weighted by Crippen LogP contribution is -2.42. The van der Waals surface area contributed by atoms with Crippen molar-refractivity contribution in [1.29, 1.82) is 0 Å². The van der Waals surface area contributed by atoms with Gasteiger partial charge in [0.2, 0.25) is 5.91 Å². The van der Waals surface area contributed by atoms with Crippen molar-refractivity contribution in [2.75, 3.05) is 0 Å². The zero-order valence-corrected chi connectivity index (χ0v) is 14.6. The van der Waals surface area contributed by atoms with Crippen LogP contribution in [-0.4, -0.2) is 26.6 Å². The number of H-pyrrole nitrogens is 1. The number of benzene rings is 2. The van der Waals surface area contributed by atoms with Crippen molar-refractivity contribution in [3.8, 4) is 5.69 Å². The zero-order chi connectivity index (χ0) is 19.5. The molecule has 0 aliphatic heterocycles. The maximum atomic E-state index is 13.0. The molecule has 4 aromatic rings. The summed E-state index contributed by atoms with van der Waals surface area (Å²) in [5.74, 6) is -1.25. The maximum Gasteiger partial charge on any atom is 0.290 e. The smallest absolute Gasteiger partial charge is 0.290 e. The number of hydrogen-bond donors (Lipinski definition) is 3. The number of amides is 2. The topological polar surface area (TPSA) is 91.8 Å². The van der Waals surface area contributed by atoms with Crippen LogP contribution in [0.15, 0.2) is 67.0 Å². The van der Waals surface area contributed by atoms with Gasteiger partial charge in [0, 0.05) is 23.3 Å². The van der Waals surface area contributed by atoms with E-state index in [4.69, 9.17) is 0 Å². The van der Waals surface area contributed by atoms with E-state index < -0.39 is 5.91 Å². The molecule has 0 atom stereocenters. The minimum atomic E-state index is -0.548. The van der Waals surface area contributed by atoms with E-state index in [1.807, 2.05) is 24.3 Å². The Morgan fingerprint density at radius 1 is 1.04 bits per heavy atom. The van der Waals surface area contributed by atoms with Crippen LogP contribution >= 0.6 is 0 Å². The van der Waals surface area contributed by atoms with Gasteiger partial charge in [0.15, 0.2) is 5.69 Å². The molecule has 2 amide bonds. The van der Waals surface area contributed by atoms with E-state index >= 15 is 0 Å². The van der Waals surface area contributed by atoms with Crippen molar-refractivity contribution in [3.05, 3.63) is 84.1 Å². The summed E-state index contributed by atoms with van der Waals surface area (Å²) in [6.45, 7) is 0. The van der Waals surface area contributed by atoms with Crippen molar-refractivity contribution >= 4 is 22.7 Å². The second-order valence-corrected chi connectivity index (χ2v) is 6.16. The lowest BCUT2D eigenvalue weighted by atomic mass is 10.1. The van der Waals surface area contributed by atoms with Crippen LogP contribution in [0.4, 0.5) is 4.39 Å². The minimum Gasteiger partial charge on any atom is -0.361 e. The van der Waals surface area contributed by atoms with Gasteiger partial charge in [0.1, 0.15) is 5.82 Å². The first-order valence-corrected chi connectivity index (χ1v) is 8.56. The van der Waals surface area contributed by atoms with Crippen LogP contribution in [0.5, 0.6) is 0 Å². The van der Waals surface area contributed by atoms with E-state index in [2.05, 4.69) is 20.9 Å². The molecule has 0 aliphatic rings. The predicted octanol–water partition coefficient (Wildman–Crippen LogP) is 2.50. The molecule has 4 rings (SSSR count). The van der Waals surface area contributed by atoms with Crippen LogP contribution in [-0.2, 0) is 11.2 Å². The molecule has 0 saturated heterocycles. The molecule has 0 aliphatic carbocycles. The molecule has 0 bridgehead atoms. The zero-order valence-electron chi connectivity index (χ0n) is 14.6. The standard InChI is InChI=1S/C20H16FN5O2/c21-14-5-7-15(8-6-14)26-10-9-18(25-26)20(28)24-23-19(27)11-13-12-22-17-4-2-1-3-16(13)17/h1-10,12,22H,11H2,(H,23,27)(H,24,28). The molecule has 7 nitrogen and oxygen atoms in total. The number of para-hydroxylation sites is 1. The summed E-state index contributed by atoms with van der Waals surface area (Å²) in [7, 11) is 0. The molecular weight excluding hydrogens is 361 g/mol. The molecule has 28 heavy (non-hydrogen) atoms. The summed E-state index contributed by atoms with van der Waals surface area (Å²) in [6.07, 6.45) is 3.47. The average molecular weight is 377 g/mol. The Hall–Kier alpha value is -3.94. The Kier molecular flexibility index (Phi) is 4.59. The van der Waals surface area contributed by atoms with Gasteiger partial charge in [0.25, 0.3) is 5.91 Å². The Morgan fingerprint density at radius 3 is 2.64 bits per heavy atom. The molecule has 0 spiro atoms. The first-order valence-electron chi connectivity index (χ1n) is 8.56. The molecule has 8 heteroatoms. The lowest BCUT2D eigenvalue weighted by Gasteiger charge is -2.06. The highest BCUT2D eigenvalue weighted by atomic mass is 19.1. The normalized spacial score (nSPS) is 10.8. The number of carbonyl (C=O) groups is 2. The van der Waals surface area contributed by atoms with Gasteiger partial charge < -0.3 is 4.98 Å². The Balaban J connectivity index is 1.36. The van der Waals surface area contributed by atoms with E-state index in [0.717, 1.165) is 16.5 Å². The molecule has 140 valence electrons. The largest absolute Gasteiger partial charge is 0.361 e. The number of nitrogens with zero attached hydrogens (tertiary/aromatic N) is 2. The Morgan fingerprint density at radius 2 is 1.82 bits per heavy atom. The van der Waals surface area contributed by atoms with Gasteiger partial charge in [0.05, 0.1) is 12.1 Å². The first kappa shape index (κ1) is 17.5. The summed E-state index contributed by atoms with van der Waals surface area (Å²) >= 11 is 0. The summed E-state index contributed by atoms with van der Waals surface area (Å²) in [5.41, 5.74) is 7.26. The number of hydrazine groups is 1. The highest BCUT2D eigenvalue weighted by Gasteiger charge is 2.13. The van der Waals surface area contributed by atoms with Crippen LogP contribution < -0.4 is 10.9 Å². The number of halogens is 1. The van der Waals surface area contributed by atoms with Gasteiger partial charge >= 0.3 is 0 Å². The van der Waals surface area contributed by atoms with Crippen molar-refractivity contribution in [3.63, 3.8) is 0 Å². The third kappa shape index (κ3) is 3.61. The molecule has 2 heterocycles. The number of hydrogen-bond acceptors (Lipinski definition) is 3. The number of fused-ring (bicyclic) bond motifs is 1. The van der Waals surface area contributed by atoms with Crippen LogP contribution in [0.25, 0.3) is 16.6 Å². The fourth-order valence-corrected chi connectivity index (χ4v) is 2.87. The number of carbonyl (C=O) groups excluding carboxylic acids is 2. The third-order valence-electron chi connectivity index (χ3n) is 4.25. The van der Waals surface area contributed by atoms with Crippen LogP contribution in [0.1, 0.15) is 16.1 Å². The minimum absolute atomic E-state index is 0.119. The highest BCUT2D eigenvalue weighted by molar-refractivity contribution is 5.94. The van der Waals surface area contributed by atoms with Gasteiger partial charge in [-0.1, -0.05) is 18.2 Å². The Bertz CT molecular complexity index is 1150. The third-order valence-corrected chi connectivity index (χ3v) is 4.25. The monoisotopic (exact) mass is 377 g/mol. The second-order valence-electron chi connectivity index (χ2n) is 6.16. The number of rotatable bonds is 4. The van der Waals surface area contributed by atoms with E-state index in [0.29, 0.717) is 5.69 Å². The lowest BCUT2D eigenvalue weighted by molar-refractivity contribution is -0.121. The van der Waals surface area contributed by atoms with Crippen LogP contribution in [0.2, 0.25) is 0 Å². The van der Waals surface area contributed by atoms with Gasteiger partial charge in [-0.25, -0.2) is 9.07 Å². The molecule has 0 radical (unpaired) electrons. The predicted molar refractivity (Wildman–Crippen MR) is 101 cm³/mol. The fourth-order valence-electron chi connectivity index (χ4n) is 2.87. The maximum absolute atomic E-state index is 13.0. The Labute approximate surface area is 159 Å². The molecule has 2 aromatic heterocycles. The van der Waals surface area contributed by atoms with Gasteiger partial charge in [-0.2, -0.15) is 5.10 Å². The van der Waals surface area contributed by atoms with E-state index in [-0.39, 0.29) is 23.8 Å². The SMILES string of the molecule is O=C(Cc1c[nH]c2ccccc12)NNC(=O)c1ccn(-c2ccc(F)cc2)n1. The number of aromatic amines is 1. The number of aromatic nitrogens is 3.